The fourth-order valence-electron chi connectivity index (χ4n) is 3.84. The van der Waals surface area contributed by atoms with Gasteiger partial charge in [-0.15, -0.1) is 22.7 Å². The van der Waals surface area contributed by atoms with Crippen LogP contribution in [-0.2, 0) is 22.7 Å². The molecule has 0 saturated carbocycles. The molecule has 2 atom stereocenters. The summed E-state index contributed by atoms with van der Waals surface area (Å²) in [4.78, 5) is 33.2. The molecule has 0 aliphatic carbocycles. The van der Waals surface area contributed by atoms with E-state index in [1.807, 2.05) is 18.3 Å². The summed E-state index contributed by atoms with van der Waals surface area (Å²) in [6.07, 6.45) is -3.33. The predicted molar refractivity (Wildman–Crippen MR) is 107 cm³/mol. The number of amides is 1. The van der Waals surface area contributed by atoms with E-state index in [0.717, 1.165) is 30.2 Å². The van der Waals surface area contributed by atoms with Gasteiger partial charge >= 0.3 is 12.1 Å². The van der Waals surface area contributed by atoms with Gasteiger partial charge in [0.2, 0.25) is 5.91 Å². The molecule has 2 aromatic heterocycles. The second-order valence-corrected chi connectivity index (χ2v) is 9.73. The number of aryl methyl sites for hydroxylation is 2. The maximum Gasteiger partial charge on any atom is 0.490 e. The van der Waals surface area contributed by atoms with E-state index in [-0.39, 0.29) is 5.91 Å². The van der Waals surface area contributed by atoms with Crippen LogP contribution in [0.2, 0.25) is 0 Å². The Morgan fingerprint density at radius 1 is 1.27 bits per heavy atom. The van der Waals surface area contributed by atoms with Crippen LogP contribution in [0.3, 0.4) is 0 Å². The lowest BCUT2D eigenvalue weighted by molar-refractivity contribution is -0.192. The molecule has 4 rings (SSSR count). The lowest BCUT2D eigenvalue weighted by Crippen LogP contribution is -2.36. The molecule has 0 radical (unpaired) electrons. The van der Waals surface area contributed by atoms with Gasteiger partial charge in [-0.1, -0.05) is 0 Å². The van der Waals surface area contributed by atoms with Crippen molar-refractivity contribution in [1.29, 1.82) is 0 Å². The SMILES string of the molecule is Cc1ccc(CN2CCC3C2CC(=O)N3Cc2csc(C)n2)s1.O=C(O)C(F)(F)F. The summed E-state index contributed by atoms with van der Waals surface area (Å²) in [7, 11) is 0. The first-order valence-electron chi connectivity index (χ1n) is 9.34. The van der Waals surface area contributed by atoms with E-state index in [4.69, 9.17) is 9.90 Å². The fourth-order valence-corrected chi connectivity index (χ4v) is 5.36. The van der Waals surface area contributed by atoms with Gasteiger partial charge in [0.25, 0.3) is 0 Å². The highest BCUT2D eigenvalue weighted by atomic mass is 32.1. The molecule has 30 heavy (non-hydrogen) atoms. The van der Waals surface area contributed by atoms with Crippen molar-refractivity contribution in [2.45, 2.75) is 58.0 Å². The van der Waals surface area contributed by atoms with E-state index in [9.17, 15) is 18.0 Å². The van der Waals surface area contributed by atoms with Crippen LogP contribution in [0.5, 0.6) is 0 Å². The Balaban J connectivity index is 0.000000318. The van der Waals surface area contributed by atoms with Crippen molar-refractivity contribution in [3.8, 4) is 0 Å². The molecular weight excluding hydrogens is 439 g/mol. The van der Waals surface area contributed by atoms with E-state index in [1.165, 1.54) is 9.75 Å². The maximum absolute atomic E-state index is 12.5. The minimum absolute atomic E-state index is 0.290. The topological polar surface area (TPSA) is 73.7 Å². The highest BCUT2D eigenvalue weighted by molar-refractivity contribution is 7.11. The number of likely N-dealkylation sites (tertiary alicyclic amines) is 2. The molecule has 0 bridgehead atoms. The number of aromatic nitrogens is 1. The zero-order valence-electron chi connectivity index (χ0n) is 16.5. The molecule has 6 nitrogen and oxygen atoms in total. The molecule has 11 heteroatoms. The van der Waals surface area contributed by atoms with Crippen molar-refractivity contribution >= 4 is 34.6 Å². The normalized spacial score (nSPS) is 21.5. The molecule has 0 aromatic carbocycles. The van der Waals surface area contributed by atoms with Crippen LogP contribution in [0, 0.1) is 13.8 Å². The first kappa shape index (κ1) is 22.7. The molecular formula is C19H22F3N3O3S2. The number of hydrogen-bond donors (Lipinski definition) is 1. The average molecular weight is 462 g/mol. The summed E-state index contributed by atoms with van der Waals surface area (Å²) in [5.41, 5.74) is 1.04. The van der Waals surface area contributed by atoms with Crippen LogP contribution in [0.15, 0.2) is 17.5 Å². The number of aliphatic carboxylic acids is 1. The number of nitrogens with zero attached hydrogens (tertiary/aromatic N) is 3. The summed E-state index contributed by atoms with van der Waals surface area (Å²) in [5.74, 6) is -2.47. The first-order chi connectivity index (χ1) is 14.0. The Kier molecular flexibility index (Phi) is 6.83. The van der Waals surface area contributed by atoms with Crippen LogP contribution in [0.25, 0.3) is 0 Å². The monoisotopic (exact) mass is 461 g/mol. The van der Waals surface area contributed by atoms with Crippen molar-refractivity contribution in [3.05, 3.63) is 38.0 Å². The Bertz CT molecular complexity index is 912. The van der Waals surface area contributed by atoms with Crippen LogP contribution < -0.4 is 0 Å². The van der Waals surface area contributed by atoms with E-state index in [1.54, 1.807) is 11.3 Å². The number of fused-ring (bicyclic) bond motifs is 1. The number of carboxylic acid groups (broad SMARTS) is 1. The standard InChI is InChI=1S/C17H21N3OS2.C2HF3O2/c1-11-3-4-14(23-11)9-19-6-5-15-16(19)7-17(21)20(15)8-13-10-22-12(2)18-13;3-2(4,5)1(6)7/h3-4,10,15-16H,5-9H2,1-2H3;(H,6,7). The number of halogens is 3. The predicted octanol–water partition coefficient (Wildman–Crippen LogP) is 3.83. The molecule has 2 aliphatic heterocycles. The molecule has 1 amide bonds. The van der Waals surface area contributed by atoms with Crippen molar-refractivity contribution in [3.63, 3.8) is 0 Å². The third-order valence-corrected chi connectivity index (χ3v) is 6.93. The van der Waals surface area contributed by atoms with E-state index in [2.05, 4.69) is 39.2 Å². The van der Waals surface area contributed by atoms with Gasteiger partial charge in [-0.3, -0.25) is 9.69 Å². The van der Waals surface area contributed by atoms with Gasteiger partial charge in [-0.25, -0.2) is 9.78 Å². The van der Waals surface area contributed by atoms with E-state index >= 15 is 0 Å². The Morgan fingerprint density at radius 2 is 1.97 bits per heavy atom. The maximum atomic E-state index is 12.5. The quantitative estimate of drug-likeness (QED) is 0.749. The minimum Gasteiger partial charge on any atom is -0.475 e. The van der Waals surface area contributed by atoms with Crippen LogP contribution in [-0.4, -0.2) is 56.6 Å². The van der Waals surface area contributed by atoms with Gasteiger partial charge in [-0.05, 0) is 32.4 Å². The molecule has 2 unspecified atom stereocenters. The van der Waals surface area contributed by atoms with Crippen molar-refractivity contribution < 1.29 is 27.9 Å². The first-order valence-corrected chi connectivity index (χ1v) is 11.0. The highest BCUT2D eigenvalue weighted by Gasteiger charge is 2.46. The second-order valence-electron chi connectivity index (χ2n) is 7.29. The summed E-state index contributed by atoms with van der Waals surface area (Å²) < 4.78 is 31.7. The highest BCUT2D eigenvalue weighted by Crippen LogP contribution is 2.35. The third-order valence-electron chi connectivity index (χ3n) is 5.13. The largest absolute Gasteiger partial charge is 0.490 e. The second kappa shape index (κ2) is 9.03. The number of thiazole rings is 1. The molecule has 2 aliphatic rings. The number of carbonyl (C=O) groups excluding carboxylic acids is 1. The molecule has 1 N–H and O–H groups in total. The molecule has 4 heterocycles. The zero-order chi connectivity index (χ0) is 22.1. The smallest absolute Gasteiger partial charge is 0.475 e. The van der Waals surface area contributed by atoms with Crippen molar-refractivity contribution in [1.82, 2.24) is 14.8 Å². The van der Waals surface area contributed by atoms with Gasteiger partial charge < -0.3 is 10.0 Å². The lowest BCUT2D eigenvalue weighted by atomic mass is 10.1. The number of thiophene rings is 1. The molecule has 2 saturated heterocycles. The number of alkyl halides is 3. The van der Waals surface area contributed by atoms with Crippen LogP contribution >= 0.6 is 22.7 Å². The van der Waals surface area contributed by atoms with Gasteiger partial charge in [0, 0.05) is 46.7 Å². The lowest BCUT2D eigenvalue weighted by Gasteiger charge is -2.24. The third kappa shape index (κ3) is 5.38. The van der Waals surface area contributed by atoms with E-state index in [0.29, 0.717) is 25.0 Å². The number of carbonyl (C=O) groups is 2. The van der Waals surface area contributed by atoms with Gasteiger partial charge in [0.1, 0.15) is 0 Å². The van der Waals surface area contributed by atoms with Crippen LogP contribution in [0.1, 0.15) is 33.3 Å². The fraction of sp³-hybridized carbons (Fsp3) is 0.526. The molecule has 0 spiro atoms. The molecule has 2 aromatic rings. The summed E-state index contributed by atoms with van der Waals surface area (Å²) in [6, 6.07) is 5.15. The molecule has 2 fully saturated rings. The summed E-state index contributed by atoms with van der Waals surface area (Å²) in [5, 5.41) is 10.3. The minimum atomic E-state index is -5.08. The average Bonchev–Trinajstić information content (AvgIpc) is 3.39. The van der Waals surface area contributed by atoms with Gasteiger partial charge in [0.15, 0.2) is 0 Å². The Labute approximate surface area is 179 Å². The summed E-state index contributed by atoms with van der Waals surface area (Å²) >= 11 is 3.53. The zero-order valence-corrected chi connectivity index (χ0v) is 18.1. The van der Waals surface area contributed by atoms with E-state index < -0.39 is 12.1 Å². The Hall–Kier alpha value is -1.98. The van der Waals surface area contributed by atoms with Crippen molar-refractivity contribution in [2.75, 3.05) is 6.54 Å². The number of rotatable bonds is 4. The summed E-state index contributed by atoms with van der Waals surface area (Å²) in [6.45, 7) is 6.92. The van der Waals surface area contributed by atoms with Crippen LogP contribution in [0.4, 0.5) is 13.2 Å². The Morgan fingerprint density at radius 3 is 2.50 bits per heavy atom. The van der Waals surface area contributed by atoms with Crippen molar-refractivity contribution in [2.24, 2.45) is 0 Å². The number of carboxylic acids is 1. The molecule has 164 valence electrons. The van der Waals surface area contributed by atoms with Gasteiger partial charge in [-0.2, -0.15) is 13.2 Å². The number of hydrogen-bond acceptors (Lipinski definition) is 6. The van der Waals surface area contributed by atoms with Gasteiger partial charge in [0.05, 0.1) is 17.2 Å².